The summed E-state index contributed by atoms with van der Waals surface area (Å²) in [7, 11) is 0. The summed E-state index contributed by atoms with van der Waals surface area (Å²) >= 11 is 0. The van der Waals surface area contributed by atoms with E-state index in [2.05, 4.69) is 22.3 Å². The molecule has 28 heavy (non-hydrogen) atoms. The number of nitrogens with zero attached hydrogens (tertiary/aromatic N) is 2. The Labute approximate surface area is 166 Å². The van der Waals surface area contributed by atoms with Crippen molar-refractivity contribution in [2.75, 3.05) is 31.1 Å². The van der Waals surface area contributed by atoms with Gasteiger partial charge in [0.1, 0.15) is 0 Å². The summed E-state index contributed by atoms with van der Waals surface area (Å²) in [5, 5.41) is 3.12. The maximum absolute atomic E-state index is 12.9. The Balaban J connectivity index is 1.28. The number of nitrogens with one attached hydrogen (secondary N) is 1. The van der Waals surface area contributed by atoms with Crippen LogP contribution in [0.2, 0.25) is 0 Å². The minimum absolute atomic E-state index is 0.0138. The topological polar surface area (TPSA) is 52.7 Å². The molecule has 5 nitrogen and oxygen atoms in total. The van der Waals surface area contributed by atoms with Crippen LogP contribution in [-0.4, -0.2) is 48.9 Å². The maximum atomic E-state index is 12.9. The van der Waals surface area contributed by atoms with Gasteiger partial charge >= 0.3 is 0 Å². The number of benzene rings is 2. The fourth-order valence-electron chi connectivity index (χ4n) is 4.16. The Bertz CT molecular complexity index is 829. The van der Waals surface area contributed by atoms with Crippen LogP contribution in [0, 0.1) is 0 Å². The summed E-state index contributed by atoms with van der Waals surface area (Å²) in [6, 6.07) is 17.7. The first-order valence-electron chi connectivity index (χ1n) is 10.2. The number of fused-ring (bicyclic) bond motifs is 1. The number of hydrogen-bond acceptors (Lipinski definition) is 3. The van der Waals surface area contributed by atoms with Gasteiger partial charge in [0, 0.05) is 36.9 Å². The molecule has 2 aromatic rings. The third-order valence-electron chi connectivity index (χ3n) is 5.73. The molecule has 4 rings (SSSR count). The summed E-state index contributed by atoms with van der Waals surface area (Å²) in [5.74, 6) is 0.166. The lowest BCUT2D eigenvalue weighted by Gasteiger charge is -2.35. The largest absolute Gasteiger partial charge is 0.349 e. The normalized spacial score (nSPS) is 17.8. The second-order valence-corrected chi connectivity index (χ2v) is 7.67. The van der Waals surface area contributed by atoms with E-state index in [1.807, 2.05) is 47.4 Å². The van der Waals surface area contributed by atoms with Gasteiger partial charge in [-0.2, -0.15) is 0 Å². The van der Waals surface area contributed by atoms with E-state index >= 15 is 0 Å². The Morgan fingerprint density at radius 2 is 1.64 bits per heavy atom. The van der Waals surface area contributed by atoms with Gasteiger partial charge in [-0.15, -0.1) is 0 Å². The summed E-state index contributed by atoms with van der Waals surface area (Å²) in [5.41, 5.74) is 3.04. The van der Waals surface area contributed by atoms with Crippen molar-refractivity contribution in [3.63, 3.8) is 0 Å². The predicted octanol–water partition coefficient (Wildman–Crippen LogP) is 2.86. The number of aryl methyl sites for hydroxylation is 1. The van der Waals surface area contributed by atoms with E-state index in [1.54, 1.807) is 0 Å². The van der Waals surface area contributed by atoms with Crippen LogP contribution < -0.4 is 10.2 Å². The molecular weight excluding hydrogens is 350 g/mol. The van der Waals surface area contributed by atoms with Gasteiger partial charge < -0.3 is 10.2 Å². The van der Waals surface area contributed by atoms with Crippen LogP contribution in [-0.2, 0) is 11.2 Å². The second-order valence-electron chi connectivity index (χ2n) is 7.67. The van der Waals surface area contributed by atoms with Gasteiger partial charge in [-0.1, -0.05) is 36.4 Å². The molecule has 2 aromatic carbocycles. The molecular formula is C23H27N3O2. The van der Waals surface area contributed by atoms with Crippen LogP contribution in [0.3, 0.4) is 0 Å². The highest BCUT2D eigenvalue weighted by Crippen LogP contribution is 2.27. The van der Waals surface area contributed by atoms with Crippen molar-refractivity contribution < 1.29 is 9.59 Å². The number of carbonyl (C=O) groups excluding carboxylic acids is 2. The van der Waals surface area contributed by atoms with E-state index in [1.165, 1.54) is 5.56 Å². The molecule has 1 fully saturated rings. The van der Waals surface area contributed by atoms with Crippen molar-refractivity contribution in [2.24, 2.45) is 0 Å². The first-order chi connectivity index (χ1) is 13.7. The monoisotopic (exact) mass is 377 g/mol. The van der Waals surface area contributed by atoms with E-state index < -0.39 is 0 Å². The highest BCUT2D eigenvalue weighted by molar-refractivity contribution is 5.96. The number of likely N-dealkylation sites (tertiary alicyclic amines) is 1. The molecule has 1 N–H and O–H groups in total. The number of anilines is 1. The average molecular weight is 377 g/mol. The Hall–Kier alpha value is -2.66. The molecule has 0 aromatic heterocycles. The van der Waals surface area contributed by atoms with Gasteiger partial charge in [0.05, 0.1) is 6.54 Å². The number of hydrogen-bond donors (Lipinski definition) is 1. The van der Waals surface area contributed by atoms with Gasteiger partial charge in [-0.05, 0) is 49.4 Å². The molecule has 0 spiro atoms. The molecule has 0 aliphatic carbocycles. The first kappa shape index (κ1) is 18.7. The molecule has 2 amide bonds. The Morgan fingerprint density at radius 3 is 2.43 bits per heavy atom. The summed E-state index contributed by atoms with van der Waals surface area (Å²) in [6.45, 7) is 2.93. The van der Waals surface area contributed by atoms with Crippen molar-refractivity contribution in [3.05, 3.63) is 65.7 Å². The van der Waals surface area contributed by atoms with Gasteiger partial charge in [0.2, 0.25) is 5.91 Å². The maximum Gasteiger partial charge on any atom is 0.251 e. The molecule has 2 aliphatic rings. The molecule has 2 heterocycles. The number of amides is 2. The van der Waals surface area contributed by atoms with Crippen molar-refractivity contribution in [2.45, 2.75) is 31.7 Å². The second kappa shape index (κ2) is 8.57. The summed E-state index contributed by atoms with van der Waals surface area (Å²) in [6.07, 6.45) is 3.83. The molecule has 0 radical (unpaired) electrons. The van der Waals surface area contributed by atoms with Crippen molar-refractivity contribution in [1.29, 1.82) is 0 Å². The molecule has 2 aliphatic heterocycles. The molecule has 0 saturated carbocycles. The van der Waals surface area contributed by atoms with Crippen molar-refractivity contribution >= 4 is 17.5 Å². The zero-order chi connectivity index (χ0) is 19.3. The van der Waals surface area contributed by atoms with Gasteiger partial charge in [-0.25, -0.2) is 0 Å². The van der Waals surface area contributed by atoms with Crippen LogP contribution in [0.5, 0.6) is 0 Å². The SMILES string of the molecule is O=C(NC1CCN(CC(=O)N2CCCc3ccccc32)CC1)c1ccccc1. The average Bonchev–Trinajstić information content (AvgIpc) is 2.75. The lowest BCUT2D eigenvalue weighted by molar-refractivity contribution is -0.120. The zero-order valence-corrected chi connectivity index (χ0v) is 16.1. The van der Waals surface area contributed by atoms with Gasteiger partial charge in [-0.3, -0.25) is 14.5 Å². The van der Waals surface area contributed by atoms with Crippen molar-refractivity contribution in [3.8, 4) is 0 Å². The van der Waals surface area contributed by atoms with Gasteiger partial charge in [0.15, 0.2) is 0 Å². The fraction of sp³-hybridized carbons (Fsp3) is 0.391. The number of rotatable bonds is 4. The van der Waals surface area contributed by atoms with Crippen LogP contribution in [0.4, 0.5) is 5.69 Å². The molecule has 1 saturated heterocycles. The number of para-hydroxylation sites is 1. The van der Waals surface area contributed by atoms with Crippen LogP contribution in [0.25, 0.3) is 0 Å². The molecule has 0 atom stereocenters. The van der Waals surface area contributed by atoms with E-state index in [0.717, 1.165) is 51.0 Å². The van der Waals surface area contributed by atoms with Crippen LogP contribution in [0.15, 0.2) is 54.6 Å². The molecule has 0 unspecified atom stereocenters. The van der Waals surface area contributed by atoms with Crippen LogP contribution >= 0.6 is 0 Å². The minimum atomic E-state index is -0.0138. The van der Waals surface area contributed by atoms with Crippen LogP contribution in [0.1, 0.15) is 35.2 Å². The lowest BCUT2D eigenvalue weighted by atomic mass is 10.0. The number of piperidine rings is 1. The summed E-state index contributed by atoms with van der Waals surface area (Å²) in [4.78, 5) is 29.4. The molecule has 0 bridgehead atoms. The third kappa shape index (κ3) is 4.25. The van der Waals surface area contributed by atoms with Crippen molar-refractivity contribution in [1.82, 2.24) is 10.2 Å². The zero-order valence-electron chi connectivity index (χ0n) is 16.1. The Morgan fingerprint density at radius 1 is 0.929 bits per heavy atom. The lowest BCUT2D eigenvalue weighted by Crippen LogP contribution is -2.48. The van der Waals surface area contributed by atoms with E-state index in [4.69, 9.17) is 0 Å². The summed E-state index contributed by atoms with van der Waals surface area (Å²) < 4.78 is 0. The molecule has 5 heteroatoms. The number of carbonyl (C=O) groups is 2. The Kier molecular flexibility index (Phi) is 5.72. The van der Waals surface area contributed by atoms with E-state index in [9.17, 15) is 9.59 Å². The quantitative estimate of drug-likeness (QED) is 0.891. The van der Waals surface area contributed by atoms with Gasteiger partial charge in [0.25, 0.3) is 5.91 Å². The fourth-order valence-corrected chi connectivity index (χ4v) is 4.16. The first-order valence-corrected chi connectivity index (χ1v) is 10.2. The standard InChI is InChI=1S/C23H27N3O2/c27-22(26-14-6-10-18-7-4-5-11-21(18)26)17-25-15-12-20(13-16-25)24-23(28)19-8-2-1-3-9-19/h1-5,7-9,11,20H,6,10,12-17H2,(H,24,28). The smallest absolute Gasteiger partial charge is 0.251 e. The third-order valence-corrected chi connectivity index (χ3v) is 5.73. The predicted molar refractivity (Wildman–Crippen MR) is 110 cm³/mol. The van der Waals surface area contributed by atoms with E-state index in [-0.39, 0.29) is 17.9 Å². The highest BCUT2D eigenvalue weighted by Gasteiger charge is 2.26. The van der Waals surface area contributed by atoms with E-state index in [0.29, 0.717) is 12.1 Å². The highest BCUT2D eigenvalue weighted by atomic mass is 16.2. The minimum Gasteiger partial charge on any atom is -0.349 e. The molecule has 146 valence electrons.